The number of benzene rings is 2. The Morgan fingerprint density at radius 1 is 1.12 bits per heavy atom. The smallest absolute Gasteiger partial charge is 0.289 e. The fourth-order valence-corrected chi connectivity index (χ4v) is 6.37. The number of nitrogens with one attached hydrogen (secondary N) is 3. The molecule has 2 aromatic carbocycles. The van der Waals surface area contributed by atoms with Crippen molar-refractivity contribution in [2.24, 2.45) is 5.92 Å². The second-order valence-corrected chi connectivity index (χ2v) is 12.3. The molecule has 3 atom stereocenters. The molecule has 224 valence electrons. The van der Waals surface area contributed by atoms with E-state index in [1.165, 1.54) is 35.0 Å². The summed E-state index contributed by atoms with van der Waals surface area (Å²) in [7, 11) is 1.50. The molecule has 10 nitrogen and oxygen atoms in total. The second-order valence-electron chi connectivity index (χ2n) is 12.3. The molecule has 2 fully saturated rings. The average molecular weight is 588 g/mol. The van der Waals surface area contributed by atoms with Crippen LogP contribution in [0.1, 0.15) is 55.6 Å². The lowest BCUT2D eigenvalue weighted by atomic mass is 9.79. The molecule has 3 aliphatic rings. The molecule has 1 aromatic heterocycles. The van der Waals surface area contributed by atoms with Crippen LogP contribution in [0.3, 0.4) is 0 Å². The van der Waals surface area contributed by atoms with Crippen molar-refractivity contribution in [1.82, 2.24) is 20.1 Å². The van der Waals surface area contributed by atoms with E-state index in [4.69, 9.17) is 0 Å². The zero-order valence-electron chi connectivity index (χ0n) is 24.3. The first-order valence-electron chi connectivity index (χ1n) is 14.6. The molecule has 4 amide bonds. The lowest BCUT2D eigenvalue weighted by molar-refractivity contribution is -0.146. The van der Waals surface area contributed by atoms with E-state index < -0.39 is 46.8 Å². The first-order valence-corrected chi connectivity index (χ1v) is 14.6. The monoisotopic (exact) mass is 587 g/mol. The van der Waals surface area contributed by atoms with Crippen molar-refractivity contribution >= 4 is 46.0 Å². The molecule has 0 bridgehead atoms. The van der Waals surface area contributed by atoms with E-state index in [1.807, 2.05) is 13.8 Å². The number of aromatic amines is 1. The Morgan fingerprint density at radius 2 is 1.86 bits per heavy atom. The Morgan fingerprint density at radius 3 is 2.56 bits per heavy atom. The second kappa shape index (κ2) is 10.6. The molecule has 3 N–H and O–H groups in total. The Bertz CT molecular complexity index is 1660. The van der Waals surface area contributed by atoms with Crippen LogP contribution in [0.15, 0.2) is 48.5 Å². The van der Waals surface area contributed by atoms with E-state index in [1.54, 1.807) is 30.3 Å². The van der Waals surface area contributed by atoms with Crippen molar-refractivity contribution in [2.75, 3.05) is 18.9 Å². The van der Waals surface area contributed by atoms with Crippen LogP contribution in [0.2, 0.25) is 0 Å². The summed E-state index contributed by atoms with van der Waals surface area (Å²) >= 11 is 0. The van der Waals surface area contributed by atoms with Gasteiger partial charge in [-0.15, -0.1) is 0 Å². The molecule has 1 unspecified atom stereocenters. The lowest BCUT2D eigenvalue weighted by Gasteiger charge is -2.34. The predicted molar refractivity (Wildman–Crippen MR) is 157 cm³/mol. The van der Waals surface area contributed by atoms with E-state index in [0.29, 0.717) is 16.8 Å². The summed E-state index contributed by atoms with van der Waals surface area (Å²) in [5.74, 6) is -3.45. The highest BCUT2D eigenvalue weighted by Crippen LogP contribution is 2.47. The van der Waals surface area contributed by atoms with Crippen LogP contribution < -0.4 is 10.6 Å². The van der Waals surface area contributed by atoms with Crippen LogP contribution in [-0.4, -0.2) is 75.9 Å². The molecular formula is C32H34FN5O5. The predicted octanol–water partition coefficient (Wildman–Crippen LogP) is 3.13. The van der Waals surface area contributed by atoms with Gasteiger partial charge in [0.1, 0.15) is 23.6 Å². The number of halogens is 1. The molecule has 1 saturated carbocycles. The number of para-hydroxylation sites is 1. The number of hydrogen-bond acceptors (Lipinski definition) is 5. The molecule has 1 aliphatic carbocycles. The van der Waals surface area contributed by atoms with Gasteiger partial charge in [0.15, 0.2) is 0 Å². The van der Waals surface area contributed by atoms with Crippen LogP contribution in [0, 0.1) is 11.7 Å². The first-order chi connectivity index (χ1) is 20.5. The van der Waals surface area contributed by atoms with E-state index in [9.17, 15) is 28.4 Å². The van der Waals surface area contributed by atoms with Crippen LogP contribution in [0.4, 0.5) is 10.1 Å². The number of rotatable bonds is 8. The summed E-state index contributed by atoms with van der Waals surface area (Å²) in [6.07, 6.45) is 1.78. The van der Waals surface area contributed by atoms with Crippen molar-refractivity contribution in [3.05, 3.63) is 65.6 Å². The fourth-order valence-electron chi connectivity index (χ4n) is 6.37. The molecular weight excluding hydrogens is 553 g/mol. The Labute approximate surface area is 248 Å². The zero-order chi connectivity index (χ0) is 30.6. The van der Waals surface area contributed by atoms with Gasteiger partial charge in [-0.2, -0.15) is 0 Å². The van der Waals surface area contributed by atoms with E-state index >= 15 is 0 Å². The summed E-state index contributed by atoms with van der Waals surface area (Å²) < 4.78 is 14.4. The third-order valence-corrected chi connectivity index (χ3v) is 8.81. The number of nitrogens with zero attached hydrogens (tertiary/aromatic N) is 2. The number of likely N-dealkylation sites (N-methyl/N-ethyl adjacent to an activating group) is 1. The number of likely N-dealkylation sites (tertiary alicyclic amines) is 1. The van der Waals surface area contributed by atoms with Gasteiger partial charge in [-0.05, 0) is 61.4 Å². The molecule has 43 heavy (non-hydrogen) atoms. The molecule has 1 saturated heterocycles. The van der Waals surface area contributed by atoms with Crippen molar-refractivity contribution in [1.29, 1.82) is 0 Å². The number of anilines is 1. The van der Waals surface area contributed by atoms with Gasteiger partial charge in [0, 0.05) is 36.2 Å². The molecule has 3 aromatic rings. The molecule has 0 radical (unpaired) electrons. The SMILES string of the molecule is CC(C)C[C@@H](C(=O)N1C[C@]2(CC1C(=O)C(=O)NC1CC1)C(=O)Nc1ccccc12)N(C)C(=O)c1cc2c(F)cccc2[nH]1. The maximum Gasteiger partial charge on any atom is 0.289 e. The summed E-state index contributed by atoms with van der Waals surface area (Å²) in [6.45, 7) is 3.71. The number of H-pyrrole nitrogens is 1. The van der Waals surface area contributed by atoms with E-state index in [2.05, 4.69) is 15.6 Å². The van der Waals surface area contributed by atoms with Gasteiger partial charge in [-0.3, -0.25) is 24.0 Å². The summed E-state index contributed by atoms with van der Waals surface area (Å²) in [5.41, 5.74) is 0.616. The molecule has 3 heterocycles. The minimum Gasteiger partial charge on any atom is -0.350 e. The summed E-state index contributed by atoms with van der Waals surface area (Å²) in [5, 5.41) is 5.84. The number of carbonyl (C=O) groups excluding carboxylic acids is 5. The number of fused-ring (bicyclic) bond motifs is 3. The Kier molecular flexibility index (Phi) is 7.06. The van der Waals surface area contributed by atoms with E-state index in [-0.39, 0.29) is 48.3 Å². The van der Waals surface area contributed by atoms with Gasteiger partial charge < -0.3 is 25.4 Å². The highest BCUT2D eigenvalue weighted by atomic mass is 19.1. The van der Waals surface area contributed by atoms with Crippen LogP contribution >= 0.6 is 0 Å². The van der Waals surface area contributed by atoms with Gasteiger partial charge in [0.05, 0.1) is 5.41 Å². The van der Waals surface area contributed by atoms with Crippen molar-refractivity contribution in [3.8, 4) is 0 Å². The topological polar surface area (TPSA) is 132 Å². The largest absolute Gasteiger partial charge is 0.350 e. The minimum atomic E-state index is -1.22. The van der Waals surface area contributed by atoms with Crippen LogP contribution in [0.5, 0.6) is 0 Å². The number of aromatic nitrogens is 1. The van der Waals surface area contributed by atoms with Gasteiger partial charge in [0.25, 0.3) is 11.8 Å². The highest BCUT2D eigenvalue weighted by molar-refractivity contribution is 6.39. The summed E-state index contributed by atoms with van der Waals surface area (Å²) in [6, 6.07) is 10.8. The third-order valence-electron chi connectivity index (χ3n) is 8.81. The number of hydrogen-bond donors (Lipinski definition) is 3. The number of carbonyl (C=O) groups is 5. The van der Waals surface area contributed by atoms with Crippen molar-refractivity contribution < 1.29 is 28.4 Å². The molecule has 6 rings (SSSR count). The van der Waals surface area contributed by atoms with Gasteiger partial charge in [0.2, 0.25) is 17.6 Å². The van der Waals surface area contributed by atoms with E-state index in [0.717, 1.165) is 12.8 Å². The third kappa shape index (κ3) is 4.96. The van der Waals surface area contributed by atoms with Crippen molar-refractivity contribution in [2.45, 2.75) is 63.1 Å². The van der Waals surface area contributed by atoms with Crippen LogP contribution in [-0.2, 0) is 24.6 Å². The van der Waals surface area contributed by atoms with Crippen molar-refractivity contribution in [3.63, 3.8) is 0 Å². The van der Waals surface area contributed by atoms with Gasteiger partial charge >= 0.3 is 0 Å². The normalized spacial score (nSPS) is 21.7. The summed E-state index contributed by atoms with van der Waals surface area (Å²) in [4.78, 5) is 73.8. The Balaban J connectivity index is 1.35. The first kappa shape index (κ1) is 28.6. The molecule has 2 aliphatic heterocycles. The molecule has 11 heteroatoms. The number of Topliss-reactive ketones (excluding diaryl/α,β-unsaturated/α-hetero) is 1. The highest BCUT2D eigenvalue weighted by Gasteiger charge is 2.59. The van der Waals surface area contributed by atoms with Gasteiger partial charge in [-0.1, -0.05) is 38.1 Å². The fraction of sp³-hybridized carbons (Fsp3) is 0.406. The Hall–Kier alpha value is -4.54. The minimum absolute atomic E-state index is 0.0243. The molecule has 1 spiro atoms. The standard InChI is InChI=1S/C32H34FN5O5/c1-17(2)13-25(37(3)29(41)24-14-19-21(33)8-6-10-22(19)35-24)30(42)38-16-32(20-7-4-5-9-23(20)36-31(32)43)15-26(38)27(39)28(40)34-18-11-12-18/h4-10,14,17-18,25-26,35H,11-13,15-16H2,1-3H3,(H,34,40)(H,36,43)/t25-,26?,32-/m0/s1. The van der Waals surface area contributed by atoms with Crippen LogP contribution in [0.25, 0.3) is 10.9 Å². The number of ketones is 1. The maximum absolute atomic E-state index is 14.5. The lowest BCUT2D eigenvalue weighted by Crippen LogP contribution is -2.54. The zero-order valence-corrected chi connectivity index (χ0v) is 24.3. The quantitative estimate of drug-likeness (QED) is 0.349. The average Bonchev–Trinajstić information content (AvgIpc) is 3.43. The van der Waals surface area contributed by atoms with Gasteiger partial charge in [-0.25, -0.2) is 4.39 Å². The maximum atomic E-state index is 14.5. The number of amides is 4.